The maximum atomic E-state index is 12.7. The topological polar surface area (TPSA) is 84.9 Å². The summed E-state index contributed by atoms with van der Waals surface area (Å²) in [7, 11) is 0. The van der Waals surface area contributed by atoms with Crippen LogP contribution in [0.15, 0.2) is 103 Å². The molecule has 5 rings (SSSR count). The summed E-state index contributed by atoms with van der Waals surface area (Å²) in [6.45, 7) is 4.11. The summed E-state index contributed by atoms with van der Waals surface area (Å²) in [5.41, 5.74) is 5.73. The van der Waals surface area contributed by atoms with Gasteiger partial charge in [-0.1, -0.05) is 91.0 Å². The van der Waals surface area contributed by atoms with E-state index in [0.29, 0.717) is 5.75 Å². The Morgan fingerprint density at radius 2 is 1.38 bits per heavy atom. The molecule has 1 aliphatic carbocycles. The van der Waals surface area contributed by atoms with E-state index in [0.717, 1.165) is 33.4 Å². The molecular formula is C33H31NO5. The first-order valence-electron chi connectivity index (χ1n) is 13.0. The third kappa shape index (κ3) is 5.80. The van der Waals surface area contributed by atoms with E-state index in [2.05, 4.69) is 17.4 Å². The molecule has 2 N–H and O–H groups in total. The Balaban J connectivity index is 1.19. The number of hydrogen-bond donors (Lipinski definition) is 2. The number of hydrogen-bond acceptors (Lipinski definition) is 4. The maximum absolute atomic E-state index is 12.7. The van der Waals surface area contributed by atoms with E-state index in [1.54, 1.807) is 0 Å². The van der Waals surface area contributed by atoms with Crippen LogP contribution >= 0.6 is 0 Å². The van der Waals surface area contributed by atoms with Crippen molar-refractivity contribution in [2.45, 2.75) is 37.8 Å². The van der Waals surface area contributed by atoms with Crippen molar-refractivity contribution >= 4 is 12.1 Å². The number of aliphatic carboxylic acids is 1. The SMILES string of the molecule is CC(C)(Oc1ccc(CC(NC(=O)OCC2c3ccccc3-c3ccccc32)C(=O)O)cc1)c1ccccc1. The molecule has 0 saturated carbocycles. The number of carboxylic acids is 1. The largest absolute Gasteiger partial charge is 0.483 e. The lowest BCUT2D eigenvalue weighted by Gasteiger charge is -2.27. The van der Waals surface area contributed by atoms with Gasteiger partial charge in [-0.3, -0.25) is 0 Å². The summed E-state index contributed by atoms with van der Waals surface area (Å²) in [5, 5.41) is 12.3. The quantitative estimate of drug-likeness (QED) is 0.261. The standard InChI is InChI=1S/C33H31NO5/c1-33(2,23-10-4-3-5-11-23)39-24-18-16-22(17-19-24)20-30(31(35)36)34-32(37)38-21-29-27-14-8-6-12-25(27)26-13-7-9-15-28(26)29/h3-19,29-30H,20-21H2,1-2H3,(H,34,37)(H,35,36). The summed E-state index contributed by atoms with van der Waals surface area (Å²) in [5.74, 6) is -0.558. The highest BCUT2D eigenvalue weighted by molar-refractivity contribution is 5.81. The van der Waals surface area contributed by atoms with Gasteiger partial charge in [0.2, 0.25) is 0 Å². The third-order valence-electron chi connectivity index (χ3n) is 7.14. The molecule has 39 heavy (non-hydrogen) atoms. The molecule has 1 amide bonds. The Labute approximate surface area is 228 Å². The zero-order chi connectivity index (χ0) is 27.4. The van der Waals surface area contributed by atoms with Gasteiger partial charge in [0.1, 0.15) is 24.0 Å². The molecule has 6 heteroatoms. The molecule has 4 aromatic rings. The van der Waals surface area contributed by atoms with E-state index >= 15 is 0 Å². The smallest absolute Gasteiger partial charge is 0.407 e. The molecular weight excluding hydrogens is 490 g/mol. The second kappa shape index (κ2) is 11.0. The number of carbonyl (C=O) groups is 2. The van der Waals surface area contributed by atoms with Crippen molar-refractivity contribution < 1.29 is 24.2 Å². The van der Waals surface area contributed by atoms with E-state index in [-0.39, 0.29) is 18.9 Å². The molecule has 0 bridgehead atoms. The highest BCUT2D eigenvalue weighted by Gasteiger charge is 2.30. The lowest BCUT2D eigenvalue weighted by Crippen LogP contribution is -2.42. The van der Waals surface area contributed by atoms with E-state index < -0.39 is 23.7 Å². The summed E-state index contributed by atoms with van der Waals surface area (Å²) in [6.07, 6.45) is -0.643. The minimum Gasteiger partial charge on any atom is -0.483 e. The van der Waals surface area contributed by atoms with Crippen molar-refractivity contribution in [2.75, 3.05) is 6.61 Å². The molecule has 6 nitrogen and oxygen atoms in total. The van der Waals surface area contributed by atoms with Crippen molar-refractivity contribution in [1.29, 1.82) is 0 Å². The Hall–Kier alpha value is -4.58. The van der Waals surface area contributed by atoms with Crippen LogP contribution in [0.4, 0.5) is 4.79 Å². The summed E-state index contributed by atoms with van der Waals surface area (Å²) < 4.78 is 11.7. The molecule has 1 atom stereocenters. The van der Waals surface area contributed by atoms with Crippen LogP contribution in [-0.4, -0.2) is 29.8 Å². The molecule has 0 saturated heterocycles. The monoisotopic (exact) mass is 521 g/mol. The number of nitrogens with one attached hydrogen (secondary N) is 1. The predicted molar refractivity (Wildman–Crippen MR) is 150 cm³/mol. The number of carbonyl (C=O) groups excluding carboxylic acids is 1. The molecule has 0 spiro atoms. The number of rotatable bonds is 9. The van der Waals surface area contributed by atoms with Crippen LogP contribution in [0.25, 0.3) is 11.1 Å². The minimum atomic E-state index is -1.13. The summed E-state index contributed by atoms with van der Waals surface area (Å²) in [6, 6.07) is 32.2. The van der Waals surface area contributed by atoms with Crippen LogP contribution in [0.5, 0.6) is 5.75 Å². The Kier molecular flexibility index (Phi) is 7.37. The lowest BCUT2D eigenvalue weighted by molar-refractivity contribution is -0.139. The Morgan fingerprint density at radius 1 is 0.821 bits per heavy atom. The van der Waals surface area contributed by atoms with Crippen LogP contribution in [0.2, 0.25) is 0 Å². The lowest BCUT2D eigenvalue weighted by atomic mass is 9.98. The normalized spacial score (nSPS) is 13.2. The average molecular weight is 522 g/mol. The first-order valence-corrected chi connectivity index (χ1v) is 13.0. The number of amides is 1. The summed E-state index contributed by atoms with van der Waals surface area (Å²) in [4.78, 5) is 24.6. The van der Waals surface area contributed by atoms with Crippen molar-refractivity contribution in [3.8, 4) is 16.9 Å². The van der Waals surface area contributed by atoms with Crippen LogP contribution in [0, 0.1) is 0 Å². The van der Waals surface area contributed by atoms with Gasteiger partial charge in [-0.25, -0.2) is 9.59 Å². The van der Waals surface area contributed by atoms with Crippen molar-refractivity contribution in [1.82, 2.24) is 5.32 Å². The van der Waals surface area contributed by atoms with Gasteiger partial charge in [-0.2, -0.15) is 0 Å². The fraction of sp³-hybridized carbons (Fsp3) is 0.212. The van der Waals surface area contributed by atoms with Gasteiger partial charge >= 0.3 is 12.1 Å². The van der Waals surface area contributed by atoms with E-state index in [1.807, 2.05) is 105 Å². The van der Waals surface area contributed by atoms with Crippen molar-refractivity contribution in [3.63, 3.8) is 0 Å². The van der Waals surface area contributed by atoms with Crippen LogP contribution in [0.1, 0.15) is 42.0 Å². The van der Waals surface area contributed by atoms with Gasteiger partial charge < -0.3 is 19.9 Å². The molecule has 0 heterocycles. The van der Waals surface area contributed by atoms with Gasteiger partial charge in [-0.15, -0.1) is 0 Å². The van der Waals surface area contributed by atoms with Gasteiger partial charge in [0, 0.05) is 12.3 Å². The number of carboxylic acid groups (broad SMARTS) is 1. The first kappa shape index (κ1) is 26.0. The predicted octanol–water partition coefficient (Wildman–Crippen LogP) is 6.54. The van der Waals surface area contributed by atoms with Gasteiger partial charge in [0.25, 0.3) is 0 Å². The Morgan fingerprint density at radius 3 is 1.97 bits per heavy atom. The Bertz CT molecular complexity index is 1420. The maximum Gasteiger partial charge on any atom is 0.407 e. The number of alkyl carbamates (subject to hydrolysis) is 1. The highest BCUT2D eigenvalue weighted by atomic mass is 16.5. The zero-order valence-electron chi connectivity index (χ0n) is 22.0. The van der Waals surface area contributed by atoms with E-state index in [9.17, 15) is 14.7 Å². The molecule has 1 aliphatic rings. The fourth-order valence-electron chi connectivity index (χ4n) is 5.10. The van der Waals surface area contributed by atoms with Crippen LogP contribution in [-0.2, 0) is 21.6 Å². The molecule has 0 radical (unpaired) electrons. The second-order valence-electron chi connectivity index (χ2n) is 10.2. The van der Waals surface area contributed by atoms with Gasteiger partial charge in [-0.05, 0) is 59.4 Å². The summed E-state index contributed by atoms with van der Waals surface area (Å²) >= 11 is 0. The number of ether oxygens (including phenoxy) is 2. The number of benzene rings is 4. The zero-order valence-corrected chi connectivity index (χ0v) is 22.0. The highest BCUT2D eigenvalue weighted by Crippen LogP contribution is 2.44. The molecule has 0 fully saturated rings. The van der Waals surface area contributed by atoms with E-state index in [1.165, 1.54) is 0 Å². The van der Waals surface area contributed by atoms with Crippen LogP contribution < -0.4 is 10.1 Å². The third-order valence-corrected chi connectivity index (χ3v) is 7.14. The molecule has 0 aliphatic heterocycles. The average Bonchev–Trinajstić information content (AvgIpc) is 3.26. The number of fused-ring (bicyclic) bond motifs is 3. The van der Waals surface area contributed by atoms with Gasteiger partial charge in [0.15, 0.2) is 0 Å². The second-order valence-corrected chi connectivity index (χ2v) is 10.2. The van der Waals surface area contributed by atoms with Crippen molar-refractivity contribution in [2.24, 2.45) is 0 Å². The van der Waals surface area contributed by atoms with E-state index in [4.69, 9.17) is 9.47 Å². The van der Waals surface area contributed by atoms with Crippen molar-refractivity contribution in [3.05, 3.63) is 125 Å². The molecule has 198 valence electrons. The molecule has 4 aromatic carbocycles. The van der Waals surface area contributed by atoms with Gasteiger partial charge in [0.05, 0.1) is 0 Å². The molecule has 0 aromatic heterocycles. The molecule has 1 unspecified atom stereocenters. The minimum absolute atomic E-state index is 0.0980. The van der Waals surface area contributed by atoms with Crippen LogP contribution in [0.3, 0.4) is 0 Å². The fourth-order valence-corrected chi connectivity index (χ4v) is 5.10. The first-order chi connectivity index (χ1) is 18.8.